The minimum absolute atomic E-state index is 0.189. The number of fused-ring (bicyclic) bond motifs is 1. The molecule has 0 bridgehead atoms. The number of hydrogen-bond donors (Lipinski definition) is 2. The molecule has 0 saturated carbocycles. The van der Waals surface area contributed by atoms with E-state index in [1.807, 2.05) is 24.3 Å². The van der Waals surface area contributed by atoms with Gasteiger partial charge in [-0.05, 0) is 30.3 Å². The Balaban J connectivity index is 1.62. The van der Waals surface area contributed by atoms with Gasteiger partial charge in [-0.2, -0.15) is 5.10 Å². The third kappa shape index (κ3) is 3.31. The van der Waals surface area contributed by atoms with Crippen LogP contribution < -0.4 is 10.7 Å². The van der Waals surface area contributed by atoms with E-state index < -0.39 is 0 Å². The molecule has 0 atom stereocenters. The number of benzene rings is 2. The van der Waals surface area contributed by atoms with Crippen LogP contribution in [0.3, 0.4) is 0 Å². The number of aromatic nitrogens is 1. The Bertz CT molecular complexity index is 1030. The van der Waals surface area contributed by atoms with Gasteiger partial charge in [0, 0.05) is 24.1 Å². The van der Waals surface area contributed by atoms with Gasteiger partial charge in [0.1, 0.15) is 10.7 Å². The predicted molar refractivity (Wildman–Crippen MR) is 104 cm³/mol. The number of halogens is 1. The number of nitrogens with one attached hydrogen (secondary N) is 2. The number of thiazole rings is 1. The second-order valence-corrected chi connectivity index (χ2v) is 7.17. The van der Waals surface area contributed by atoms with Crippen LogP contribution >= 0.6 is 22.9 Å². The Hall–Kier alpha value is -2.77. The Labute approximate surface area is 157 Å². The Kier molecular flexibility index (Phi) is 4.40. The minimum Gasteiger partial charge on any atom is -0.321 e. The maximum absolute atomic E-state index is 12.3. The first-order chi connectivity index (χ1) is 12.6. The van der Waals surface area contributed by atoms with Crippen molar-refractivity contribution < 1.29 is 9.59 Å². The van der Waals surface area contributed by atoms with Crippen molar-refractivity contribution >= 4 is 56.4 Å². The molecule has 1 aromatic heterocycles. The van der Waals surface area contributed by atoms with E-state index in [2.05, 4.69) is 20.8 Å². The summed E-state index contributed by atoms with van der Waals surface area (Å²) in [5, 5.41) is 7.94. The molecule has 6 nitrogen and oxygen atoms in total. The van der Waals surface area contributed by atoms with Gasteiger partial charge in [0.15, 0.2) is 0 Å². The third-order valence-corrected chi connectivity index (χ3v) is 5.31. The van der Waals surface area contributed by atoms with Crippen molar-refractivity contribution in [2.45, 2.75) is 12.8 Å². The summed E-state index contributed by atoms with van der Waals surface area (Å²) in [7, 11) is 0. The summed E-state index contributed by atoms with van der Waals surface area (Å²) in [5.74, 6) is -0.534. The lowest BCUT2D eigenvalue weighted by Crippen LogP contribution is -2.32. The number of carbonyl (C=O) groups excluding carboxylic acids is 2. The highest BCUT2D eigenvalue weighted by molar-refractivity contribution is 7.21. The molecule has 3 aromatic rings. The summed E-state index contributed by atoms with van der Waals surface area (Å²) in [4.78, 5) is 28.1. The summed E-state index contributed by atoms with van der Waals surface area (Å²) in [5.41, 5.74) is 4.86. The van der Waals surface area contributed by atoms with E-state index in [4.69, 9.17) is 11.6 Å². The van der Waals surface area contributed by atoms with Crippen LogP contribution in [0.2, 0.25) is 5.02 Å². The van der Waals surface area contributed by atoms with E-state index in [-0.39, 0.29) is 18.2 Å². The molecule has 2 N–H and O–H groups in total. The van der Waals surface area contributed by atoms with Gasteiger partial charge in [0.2, 0.25) is 5.91 Å². The van der Waals surface area contributed by atoms with Crippen molar-refractivity contribution in [2.24, 2.45) is 5.10 Å². The van der Waals surface area contributed by atoms with Crippen LogP contribution in [0.1, 0.15) is 12.8 Å². The van der Waals surface area contributed by atoms with Crippen molar-refractivity contribution in [3.05, 3.63) is 47.5 Å². The number of amides is 2. The lowest BCUT2D eigenvalue weighted by Gasteiger charge is -2.12. The van der Waals surface area contributed by atoms with Crippen LogP contribution in [-0.2, 0) is 9.59 Å². The van der Waals surface area contributed by atoms with Crippen LogP contribution in [0, 0.1) is 0 Å². The maximum Gasteiger partial charge on any atom is 0.271 e. The van der Waals surface area contributed by atoms with Gasteiger partial charge in [-0.1, -0.05) is 23.7 Å². The van der Waals surface area contributed by atoms with Gasteiger partial charge < -0.3 is 5.32 Å². The van der Waals surface area contributed by atoms with Crippen molar-refractivity contribution in [1.29, 1.82) is 0 Å². The zero-order valence-corrected chi connectivity index (χ0v) is 15.0. The molecule has 2 heterocycles. The largest absolute Gasteiger partial charge is 0.321 e. The normalized spacial score (nSPS) is 14.0. The molecule has 1 aliphatic rings. The molecule has 2 amide bonds. The van der Waals surface area contributed by atoms with Crippen molar-refractivity contribution in [3.63, 3.8) is 0 Å². The molecule has 8 heteroatoms. The standard InChI is InChI=1S/C18H13ClN4O2S/c19-12-6-5-10(20-17(25)14-7-8-16(24)23-22-14)9-11(12)18-21-13-3-1-2-4-15(13)26-18/h1-6,9H,7-8H2,(H,20,25)(H,23,24). The Morgan fingerprint density at radius 3 is 2.81 bits per heavy atom. The molecule has 0 aliphatic carbocycles. The first-order valence-corrected chi connectivity index (χ1v) is 9.12. The van der Waals surface area contributed by atoms with Crippen LogP contribution in [0.15, 0.2) is 47.6 Å². The van der Waals surface area contributed by atoms with Gasteiger partial charge in [-0.3, -0.25) is 9.59 Å². The molecule has 4 rings (SSSR count). The predicted octanol–water partition coefficient (Wildman–Crippen LogP) is 3.82. The average Bonchev–Trinajstić information content (AvgIpc) is 3.07. The van der Waals surface area contributed by atoms with E-state index in [0.29, 0.717) is 22.8 Å². The molecule has 0 radical (unpaired) electrons. The van der Waals surface area contributed by atoms with E-state index in [1.165, 1.54) is 0 Å². The van der Waals surface area contributed by atoms with Gasteiger partial charge in [0.25, 0.3) is 5.91 Å². The van der Waals surface area contributed by atoms with Crippen LogP contribution in [0.5, 0.6) is 0 Å². The van der Waals surface area contributed by atoms with Crippen LogP contribution in [0.4, 0.5) is 5.69 Å². The third-order valence-electron chi connectivity index (χ3n) is 3.92. The molecule has 0 fully saturated rings. The van der Waals surface area contributed by atoms with Gasteiger partial charge in [-0.25, -0.2) is 10.4 Å². The second kappa shape index (κ2) is 6.86. The van der Waals surface area contributed by atoms with Crippen LogP contribution in [-0.4, -0.2) is 22.5 Å². The van der Waals surface area contributed by atoms with E-state index in [9.17, 15) is 9.59 Å². The number of anilines is 1. The Morgan fingerprint density at radius 2 is 2.04 bits per heavy atom. The zero-order valence-electron chi connectivity index (χ0n) is 13.5. The highest BCUT2D eigenvalue weighted by Gasteiger charge is 2.19. The van der Waals surface area contributed by atoms with Crippen molar-refractivity contribution in [2.75, 3.05) is 5.32 Å². The summed E-state index contributed by atoms with van der Waals surface area (Å²) < 4.78 is 1.07. The molecular formula is C18H13ClN4O2S. The average molecular weight is 385 g/mol. The molecular weight excluding hydrogens is 372 g/mol. The molecule has 0 unspecified atom stereocenters. The topological polar surface area (TPSA) is 83.5 Å². The van der Waals surface area contributed by atoms with Gasteiger partial charge in [0.05, 0.1) is 15.2 Å². The number of hydrazone groups is 1. The highest BCUT2D eigenvalue weighted by Crippen LogP contribution is 2.35. The van der Waals surface area contributed by atoms with Crippen molar-refractivity contribution in [3.8, 4) is 10.6 Å². The molecule has 0 spiro atoms. The number of rotatable bonds is 3. The molecule has 1 aliphatic heterocycles. The van der Waals surface area contributed by atoms with Crippen LogP contribution in [0.25, 0.3) is 20.8 Å². The second-order valence-electron chi connectivity index (χ2n) is 5.73. The summed E-state index contributed by atoms with van der Waals surface area (Å²) in [6.45, 7) is 0. The number of nitrogens with zero attached hydrogens (tertiary/aromatic N) is 2. The fourth-order valence-electron chi connectivity index (χ4n) is 2.60. The monoisotopic (exact) mass is 384 g/mol. The number of carbonyl (C=O) groups is 2. The molecule has 26 heavy (non-hydrogen) atoms. The Morgan fingerprint density at radius 1 is 1.19 bits per heavy atom. The molecule has 0 saturated heterocycles. The smallest absolute Gasteiger partial charge is 0.271 e. The maximum atomic E-state index is 12.3. The molecule has 130 valence electrons. The lowest BCUT2D eigenvalue weighted by atomic mass is 10.1. The fourth-order valence-corrected chi connectivity index (χ4v) is 3.85. The first-order valence-electron chi connectivity index (χ1n) is 7.92. The summed E-state index contributed by atoms with van der Waals surface area (Å²) >= 11 is 7.88. The van der Waals surface area contributed by atoms with E-state index >= 15 is 0 Å². The summed E-state index contributed by atoms with van der Waals surface area (Å²) in [6, 6.07) is 13.1. The zero-order chi connectivity index (χ0) is 18.1. The lowest BCUT2D eigenvalue weighted by molar-refractivity contribution is -0.121. The first kappa shape index (κ1) is 16.7. The van der Waals surface area contributed by atoms with Crippen molar-refractivity contribution in [1.82, 2.24) is 10.4 Å². The SMILES string of the molecule is O=C1CCC(C(=O)Nc2ccc(Cl)c(-c3nc4ccccc4s3)c2)=NN1. The van der Waals surface area contributed by atoms with Gasteiger partial charge in [-0.15, -0.1) is 11.3 Å². The van der Waals surface area contributed by atoms with E-state index in [0.717, 1.165) is 20.8 Å². The number of para-hydroxylation sites is 1. The quantitative estimate of drug-likeness (QED) is 0.720. The van der Waals surface area contributed by atoms with Gasteiger partial charge >= 0.3 is 0 Å². The van der Waals surface area contributed by atoms with E-state index in [1.54, 1.807) is 29.5 Å². The summed E-state index contributed by atoms with van der Waals surface area (Å²) in [6.07, 6.45) is 0.569. The highest BCUT2D eigenvalue weighted by atomic mass is 35.5. The number of hydrogen-bond acceptors (Lipinski definition) is 5. The molecule has 2 aromatic carbocycles. The fraction of sp³-hybridized carbons (Fsp3) is 0.111. The minimum atomic E-state index is -0.345.